The van der Waals surface area contributed by atoms with Crippen molar-refractivity contribution in [2.75, 3.05) is 0 Å². The number of alkyl halides is 10. The average molecular weight is 312 g/mol. The Morgan fingerprint density at radius 2 is 1.16 bits per heavy atom. The molecule has 0 aromatic rings. The van der Waals surface area contributed by atoms with E-state index >= 15 is 0 Å². The van der Waals surface area contributed by atoms with E-state index in [0.29, 0.717) is 0 Å². The molecule has 0 saturated carbocycles. The smallest absolute Gasteiger partial charge is 0.387 e. The summed E-state index contributed by atoms with van der Waals surface area (Å²) in [5, 5.41) is 16.6. The third kappa shape index (κ3) is 3.22. The molecular weight excluding hydrogens is 306 g/mol. The molecule has 2 N–H and O–H groups in total. The Labute approximate surface area is 98.2 Å². The fourth-order valence-electron chi connectivity index (χ4n) is 0.909. The molecule has 12 heteroatoms. The van der Waals surface area contributed by atoms with Gasteiger partial charge in [-0.05, 0) is 0 Å². The predicted octanol–water partition coefficient (Wildman–Crippen LogP) is 2.14. The van der Waals surface area contributed by atoms with Gasteiger partial charge in [0.2, 0.25) is 0 Å². The molecule has 0 aromatic heterocycles. The first-order chi connectivity index (χ1) is 8.18. The topological polar surface area (TPSA) is 40.5 Å². The van der Waals surface area contributed by atoms with Gasteiger partial charge in [0.25, 0.3) is 6.43 Å². The second-order valence-corrected chi connectivity index (χ2v) is 3.42. The molecule has 0 aliphatic heterocycles. The summed E-state index contributed by atoms with van der Waals surface area (Å²) in [6.07, 6.45) is -23.5. The average Bonchev–Trinajstić information content (AvgIpc) is 2.23. The molecule has 0 rings (SSSR count). The fourth-order valence-corrected chi connectivity index (χ4v) is 0.909. The molecule has 0 spiro atoms. The molecule has 4 atom stereocenters. The molecule has 0 heterocycles. The van der Waals surface area contributed by atoms with Crippen molar-refractivity contribution < 1.29 is 54.1 Å². The van der Waals surface area contributed by atoms with Crippen molar-refractivity contribution in [1.29, 1.82) is 0 Å². The highest BCUT2D eigenvalue weighted by molar-refractivity contribution is 4.99. The van der Waals surface area contributed by atoms with Gasteiger partial charge in [0, 0.05) is 0 Å². The predicted molar refractivity (Wildman–Crippen MR) is 38.9 cm³/mol. The van der Waals surface area contributed by atoms with Crippen molar-refractivity contribution in [3.63, 3.8) is 0 Å². The van der Waals surface area contributed by atoms with Crippen LogP contribution in [0.1, 0.15) is 0 Å². The lowest BCUT2D eigenvalue weighted by molar-refractivity contribution is -0.391. The molecule has 0 saturated heterocycles. The normalized spacial score (nSPS) is 21.9. The molecule has 0 radical (unpaired) electrons. The summed E-state index contributed by atoms with van der Waals surface area (Å²) in [4.78, 5) is 0. The van der Waals surface area contributed by atoms with Crippen LogP contribution in [0, 0.1) is 0 Å². The lowest BCUT2D eigenvalue weighted by atomic mass is 9.97. The minimum Gasteiger partial charge on any atom is -0.387 e. The maximum absolute atomic E-state index is 12.8. The third-order valence-corrected chi connectivity index (χ3v) is 2.03. The van der Waals surface area contributed by atoms with E-state index in [0.717, 1.165) is 0 Å². The molecule has 4 unspecified atom stereocenters. The molecule has 2 nitrogen and oxygen atoms in total. The van der Waals surface area contributed by atoms with Crippen LogP contribution in [0.3, 0.4) is 0 Å². The zero-order valence-electron chi connectivity index (χ0n) is 8.48. The Morgan fingerprint density at radius 3 is 1.42 bits per heavy atom. The molecule has 0 aliphatic rings. The zero-order chi connectivity index (χ0) is 15.8. The van der Waals surface area contributed by atoms with Gasteiger partial charge in [0.05, 0.1) is 0 Å². The summed E-state index contributed by atoms with van der Waals surface area (Å²) in [5.41, 5.74) is 0. The van der Waals surface area contributed by atoms with Crippen LogP contribution in [-0.4, -0.2) is 53.0 Å². The van der Waals surface area contributed by atoms with Crippen LogP contribution >= 0.6 is 0 Å². The highest BCUT2D eigenvalue weighted by Gasteiger charge is 2.75. The fraction of sp³-hybridized carbons (Fsp3) is 1.00. The number of hydrogen-bond acceptors (Lipinski definition) is 2. The van der Waals surface area contributed by atoms with Crippen molar-refractivity contribution in [1.82, 2.24) is 0 Å². The van der Waals surface area contributed by atoms with E-state index < -0.39 is 42.8 Å². The van der Waals surface area contributed by atoms with Gasteiger partial charge in [-0.15, -0.1) is 0 Å². The van der Waals surface area contributed by atoms with Crippen molar-refractivity contribution in [3.05, 3.63) is 0 Å². The lowest BCUT2D eigenvalue weighted by Crippen LogP contribution is -2.63. The summed E-state index contributed by atoms with van der Waals surface area (Å²) in [6, 6.07) is 0. The van der Waals surface area contributed by atoms with Crippen molar-refractivity contribution in [3.8, 4) is 0 Å². The van der Waals surface area contributed by atoms with E-state index in [9.17, 15) is 43.9 Å². The van der Waals surface area contributed by atoms with E-state index in [1.807, 2.05) is 0 Å². The van der Waals surface area contributed by atoms with Gasteiger partial charge < -0.3 is 10.2 Å². The maximum atomic E-state index is 12.8. The Balaban J connectivity index is 5.32. The summed E-state index contributed by atoms with van der Waals surface area (Å²) >= 11 is 0. The first-order valence-corrected chi connectivity index (χ1v) is 4.28. The highest BCUT2D eigenvalue weighted by Crippen LogP contribution is 2.47. The standard InChI is InChI=1S/C7H6F10O2/c8-1(4(10)11)2(18)3(9)5(12,19)6(13,14)7(15,16)17/h1-4,18-19H. The molecule has 0 fully saturated rings. The molecule has 116 valence electrons. The Kier molecular flexibility index (Phi) is 5.09. The van der Waals surface area contributed by atoms with Gasteiger partial charge in [0.1, 0.15) is 6.10 Å². The van der Waals surface area contributed by atoms with E-state index in [2.05, 4.69) is 0 Å². The summed E-state index contributed by atoms with van der Waals surface area (Å²) in [6.45, 7) is 0. The first-order valence-electron chi connectivity index (χ1n) is 4.28. The van der Waals surface area contributed by atoms with Crippen LogP contribution < -0.4 is 0 Å². The van der Waals surface area contributed by atoms with Crippen molar-refractivity contribution >= 4 is 0 Å². The Morgan fingerprint density at radius 1 is 0.789 bits per heavy atom. The summed E-state index contributed by atoms with van der Waals surface area (Å²) < 4.78 is 121. The quantitative estimate of drug-likeness (QED) is 0.764. The van der Waals surface area contributed by atoms with Crippen LogP contribution in [0.4, 0.5) is 43.9 Å². The molecule has 0 aliphatic carbocycles. The number of halogens is 10. The van der Waals surface area contributed by atoms with Crippen LogP contribution in [0.15, 0.2) is 0 Å². The number of rotatable bonds is 5. The number of aliphatic hydroxyl groups excluding tert-OH is 1. The minimum atomic E-state index is -6.79. The van der Waals surface area contributed by atoms with Crippen molar-refractivity contribution in [2.45, 2.75) is 42.8 Å². The zero-order valence-corrected chi connectivity index (χ0v) is 8.48. The SMILES string of the molecule is OC(C(F)C(F)F)C(F)C(O)(F)C(F)(F)C(F)(F)F. The molecule has 0 aromatic carbocycles. The van der Waals surface area contributed by atoms with Crippen LogP contribution in [0.5, 0.6) is 0 Å². The Bertz CT molecular complexity index is 301. The second-order valence-electron chi connectivity index (χ2n) is 3.42. The number of hydrogen-bond donors (Lipinski definition) is 2. The monoisotopic (exact) mass is 312 g/mol. The largest absolute Gasteiger partial charge is 0.459 e. The molecule has 0 bridgehead atoms. The van der Waals surface area contributed by atoms with Gasteiger partial charge in [-0.3, -0.25) is 0 Å². The van der Waals surface area contributed by atoms with E-state index in [-0.39, 0.29) is 0 Å². The van der Waals surface area contributed by atoms with Crippen LogP contribution in [-0.2, 0) is 0 Å². The van der Waals surface area contributed by atoms with E-state index in [4.69, 9.17) is 10.2 Å². The molecule has 0 amide bonds. The van der Waals surface area contributed by atoms with Gasteiger partial charge in [-0.1, -0.05) is 0 Å². The van der Waals surface area contributed by atoms with Gasteiger partial charge in [0.15, 0.2) is 12.3 Å². The summed E-state index contributed by atoms with van der Waals surface area (Å²) in [5.74, 6) is -12.9. The third-order valence-electron chi connectivity index (χ3n) is 2.03. The van der Waals surface area contributed by atoms with E-state index in [1.54, 1.807) is 0 Å². The van der Waals surface area contributed by atoms with Crippen LogP contribution in [0.25, 0.3) is 0 Å². The van der Waals surface area contributed by atoms with Gasteiger partial charge >= 0.3 is 18.0 Å². The maximum Gasteiger partial charge on any atom is 0.459 e. The highest BCUT2D eigenvalue weighted by atomic mass is 19.4. The lowest BCUT2D eigenvalue weighted by Gasteiger charge is -2.34. The van der Waals surface area contributed by atoms with E-state index in [1.165, 1.54) is 0 Å². The van der Waals surface area contributed by atoms with Gasteiger partial charge in [-0.25, -0.2) is 22.0 Å². The van der Waals surface area contributed by atoms with Crippen molar-refractivity contribution in [2.24, 2.45) is 0 Å². The van der Waals surface area contributed by atoms with Gasteiger partial charge in [-0.2, -0.15) is 22.0 Å². The van der Waals surface area contributed by atoms with Crippen LogP contribution in [0.2, 0.25) is 0 Å². The molecular formula is C7H6F10O2. The summed E-state index contributed by atoms with van der Waals surface area (Å²) in [7, 11) is 0. The number of aliphatic hydroxyl groups is 2. The minimum absolute atomic E-state index is 3.93. The second kappa shape index (κ2) is 5.31. The molecule has 19 heavy (non-hydrogen) atoms. The first kappa shape index (κ1) is 18.2. The Hall–Kier alpha value is -0.780.